The number of aliphatic hydroxyl groups is 4. The molecule has 2 saturated heterocycles. The van der Waals surface area contributed by atoms with E-state index in [-0.39, 0.29) is 0 Å². The van der Waals surface area contributed by atoms with Gasteiger partial charge in [-0.2, -0.15) is 0 Å². The lowest BCUT2D eigenvalue weighted by Gasteiger charge is -2.47. The summed E-state index contributed by atoms with van der Waals surface area (Å²) < 4.78 is 21.8. The number of carbonyl (C=O) groups excluding carboxylic acids is 1. The fraction of sp³-hybridized carbons (Fsp3) is 0.882. The molecule has 10 atom stereocenters. The number of hydrogen-bond acceptors (Lipinski definition) is 10. The van der Waals surface area contributed by atoms with Gasteiger partial charge in [-0.1, -0.05) is 0 Å². The third-order valence-corrected chi connectivity index (χ3v) is 5.10. The summed E-state index contributed by atoms with van der Waals surface area (Å²) in [6, 6.07) is -0.865. The van der Waals surface area contributed by atoms with E-state index in [1.165, 1.54) is 14.0 Å². The van der Waals surface area contributed by atoms with Crippen LogP contribution in [0, 0.1) is 0 Å². The summed E-state index contributed by atoms with van der Waals surface area (Å²) in [4.78, 5) is 22.7. The van der Waals surface area contributed by atoms with Gasteiger partial charge in [0.25, 0.3) is 0 Å². The molecule has 2 heterocycles. The molecule has 0 aliphatic carbocycles. The Balaban J connectivity index is 2.25. The molecule has 0 radical (unpaired) electrons. The highest BCUT2D eigenvalue weighted by molar-refractivity contribution is 5.73. The lowest BCUT2D eigenvalue weighted by Crippen LogP contribution is -2.67. The Labute approximate surface area is 167 Å². The highest BCUT2D eigenvalue weighted by Crippen LogP contribution is 2.30. The van der Waals surface area contributed by atoms with Crippen LogP contribution in [0.5, 0.6) is 0 Å². The number of hydrogen-bond donors (Lipinski definition) is 6. The molecular weight excluding hydrogens is 394 g/mol. The van der Waals surface area contributed by atoms with Crippen LogP contribution in [0.1, 0.15) is 20.3 Å². The topological polar surface area (TPSA) is 184 Å². The van der Waals surface area contributed by atoms with Crippen LogP contribution in [0.2, 0.25) is 0 Å². The van der Waals surface area contributed by atoms with Crippen molar-refractivity contribution in [3.05, 3.63) is 0 Å². The highest BCUT2D eigenvalue weighted by Gasteiger charge is 2.51. The Morgan fingerprint density at radius 3 is 2.21 bits per heavy atom. The molecule has 4 unspecified atom stereocenters. The number of ether oxygens (including phenoxy) is 4. The first-order chi connectivity index (χ1) is 13.6. The minimum atomic E-state index is -1.62. The average molecular weight is 423 g/mol. The molecule has 0 bridgehead atoms. The Kier molecular flexibility index (Phi) is 8.31. The van der Waals surface area contributed by atoms with Gasteiger partial charge >= 0.3 is 5.97 Å². The van der Waals surface area contributed by atoms with Gasteiger partial charge in [0.05, 0.1) is 25.2 Å². The van der Waals surface area contributed by atoms with Crippen molar-refractivity contribution in [2.45, 2.75) is 81.4 Å². The molecule has 1 amide bonds. The van der Waals surface area contributed by atoms with E-state index < -0.39 is 86.1 Å². The number of methoxy groups -OCH3 is 1. The van der Waals surface area contributed by atoms with E-state index in [9.17, 15) is 30.0 Å². The van der Waals surface area contributed by atoms with Crippen molar-refractivity contribution in [1.82, 2.24) is 5.32 Å². The Morgan fingerprint density at radius 1 is 1.03 bits per heavy atom. The second kappa shape index (κ2) is 10.1. The van der Waals surface area contributed by atoms with Gasteiger partial charge < -0.3 is 49.8 Å². The van der Waals surface area contributed by atoms with Gasteiger partial charge in [0, 0.05) is 14.0 Å². The minimum absolute atomic E-state index is 0.429. The number of carbonyl (C=O) groups is 2. The summed E-state index contributed by atoms with van der Waals surface area (Å²) in [5, 5.41) is 52.4. The van der Waals surface area contributed by atoms with Gasteiger partial charge in [-0.3, -0.25) is 9.59 Å². The number of carboxylic acids is 1. The first-order valence-electron chi connectivity index (χ1n) is 9.23. The van der Waals surface area contributed by atoms with Crippen LogP contribution in [0.25, 0.3) is 0 Å². The number of aliphatic carboxylic acids is 1. The van der Waals surface area contributed by atoms with Crippen molar-refractivity contribution in [2.75, 3.05) is 13.7 Å². The predicted octanol–water partition coefficient (Wildman–Crippen LogP) is -3.05. The van der Waals surface area contributed by atoms with Crippen molar-refractivity contribution in [3.63, 3.8) is 0 Å². The van der Waals surface area contributed by atoms with Gasteiger partial charge in [-0.25, -0.2) is 0 Å². The summed E-state index contributed by atoms with van der Waals surface area (Å²) >= 11 is 0. The molecule has 12 nitrogen and oxygen atoms in total. The van der Waals surface area contributed by atoms with E-state index in [1.807, 2.05) is 0 Å². The molecule has 0 aromatic rings. The van der Waals surface area contributed by atoms with E-state index in [2.05, 4.69) is 5.32 Å². The molecule has 2 fully saturated rings. The summed E-state index contributed by atoms with van der Waals surface area (Å²) in [5.74, 6) is -1.64. The summed E-state index contributed by atoms with van der Waals surface area (Å²) in [5.41, 5.74) is 0. The SMILES string of the molecule is CO[C@H]1C(CC(=O)O)O[C@@H](O[C@@H]2C(NC(C)=O)[C@H](C)OC(CO)[C@@H]2O)C(O)[C@H]1O. The fourth-order valence-electron chi connectivity index (χ4n) is 3.68. The third-order valence-electron chi connectivity index (χ3n) is 5.10. The fourth-order valence-corrected chi connectivity index (χ4v) is 3.68. The summed E-state index contributed by atoms with van der Waals surface area (Å²) in [6.45, 7) is 2.34. The summed E-state index contributed by atoms with van der Waals surface area (Å²) in [7, 11) is 1.24. The lowest BCUT2D eigenvalue weighted by molar-refractivity contribution is -0.330. The van der Waals surface area contributed by atoms with Gasteiger partial charge in [-0.05, 0) is 6.92 Å². The van der Waals surface area contributed by atoms with Crippen molar-refractivity contribution in [1.29, 1.82) is 0 Å². The first kappa shape index (κ1) is 23.9. The second-order valence-corrected chi connectivity index (χ2v) is 7.20. The molecule has 6 N–H and O–H groups in total. The predicted molar refractivity (Wildman–Crippen MR) is 93.6 cm³/mol. The van der Waals surface area contributed by atoms with Gasteiger partial charge in [0.1, 0.15) is 42.7 Å². The normalized spacial score (nSPS) is 43.0. The van der Waals surface area contributed by atoms with Crippen LogP contribution in [0.3, 0.4) is 0 Å². The molecule has 0 aromatic carbocycles. The van der Waals surface area contributed by atoms with E-state index in [1.54, 1.807) is 6.92 Å². The molecular formula is C17H29NO11. The van der Waals surface area contributed by atoms with Crippen molar-refractivity contribution in [3.8, 4) is 0 Å². The average Bonchev–Trinajstić information content (AvgIpc) is 2.64. The van der Waals surface area contributed by atoms with E-state index >= 15 is 0 Å². The highest BCUT2D eigenvalue weighted by atomic mass is 16.7. The van der Waals surface area contributed by atoms with Gasteiger partial charge in [0.15, 0.2) is 6.29 Å². The molecule has 0 spiro atoms. The Morgan fingerprint density at radius 2 is 1.69 bits per heavy atom. The van der Waals surface area contributed by atoms with Crippen LogP contribution in [-0.4, -0.2) is 112 Å². The Bertz CT molecular complexity index is 576. The van der Waals surface area contributed by atoms with Crippen LogP contribution in [0.4, 0.5) is 0 Å². The van der Waals surface area contributed by atoms with Crippen molar-refractivity contribution >= 4 is 11.9 Å². The van der Waals surface area contributed by atoms with Crippen LogP contribution < -0.4 is 5.32 Å². The van der Waals surface area contributed by atoms with E-state index in [0.717, 1.165) is 0 Å². The minimum Gasteiger partial charge on any atom is -0.481 e. The second-order valence-electron chi connectivity index (χ2n) is 7.20. The quantitative estimate of drug-likeness (QED) is 0.244. The van der Waals surface area contributed by atoms with Gasteiger partial charge in [0.2, 0.25) is 5.91 Å². The molecule has 2 aliphatic rings. The number of carboxylic acid groups (broad SMARTS) is 1. The largest absolute Gasteiger partial charge is 0.481 e. The van der Waals surface area contributed by atoms with E-state index in [0.29, 0.717) is 0 Å². The maximum atomic E-state index is 11.6. The van der Waals surface area contributed by atoms with E-state index in [4.69, 9.17) is 24.1 Å². The molecule has 168 valence electrons. The molecule has 2 aliphatic heterocycles. The molecule has 0 aromatic heterocycles. The number of amides is 1. The third kappa shape index (κ3) is 5.41. The monoisotopic (exact) mass is 423 g/mol. The molecule has 29 heavy (non-hydrogen) atoms. The molecule has 0 saturated carbocycles. The smallest absolute Gasteiger partial charge is 0.306 e. The maximum Gasteiger partial charge on any atom is 0.306 e. The zero-order valence-corrected chi connectivity index (χ0v) is 16.4. The Hall–Kier alpha value is -1.38. The zero-order chi connectivity index (χ0) is 21.9. The van der Waals surface area contributed by atoms with Crippen LogP contribution in [-0.2, 0) is 28.5 Å². The lowest BCUT2D eigenvalue weighted by atomic mass is 9.92. The zero-order valence-electron chi connectivity index (χ0n) is 16.4. The van der Waals surface area contributed by atoms with Crippen LogP contribution in [0.15, 0.2) is 0 Å². The van der Waals surface area contributed by atoms with Crippen LogP contribution >= 0.6 is 0 Å². The van der Waals surface area contributed by atoms with Crippen molar-refractivity contribution in [2.24, 2.45) is 0 Å². The standard InChI is InChI=1S/C17H29NO11/c1-6-11(18-7(2)20)16(12(23)9(5-19)27-6)29-17-14(25)13(24)15(26-3)8(28-17)4-10(21)22/h6,8-9,11-17,19,23-25H,4-5H2,1-3H3,(H,18,20)(H,21,22)/t6-,8?,9?,11?,12-,13+,14?,15-,16+,17-/m0/s1. The number of rotatable bonds is 7. The molecule has 2 rings (SSSR count). The van der Waals surface area contributed by atoms with Crippen molar-refractivity contribution < 1.29 is 54.1 Å². The number of aliphatic hydroxyl groups excluding tert-OH is 4. The maximum absolute atomic E-state index is 11.6. The van der Waals surface area contributed by atoms with Gasteiger partial charge in [-0.15, -0.1) is 0 Å². The molecule has 12 heteroatoms. The summed E-state index contributed by atoms with van der Waals surface area (Å²) in [6.07, 6.45) is -11.7. The number of nitrogens with one attached hydrogen (secondary N) is 1. The first-order valence-corrected chi connectivity index (χ1v) is 9.23.